The predicted molar refractivity (Wildman–Crippen MR) is 114 cm³/mol. The van der Waals surface area contributed by atoms with Crippen molar-refractivity contribution < 1.29 is 4.79 Å². The molecule has 0 radical (unpaired) electrons. The van der Waals surface area contributed by atoms with Crippen LogP contribution in [-0.4, -0.2) is 43.0 Å². The van der Waals surface area contributed by atoms with E-state index in [1.165, 1.54) is 25.8 Å². The number of amides is 1. The van der Waals surface area contributed by atoms with Gasteiger partial charge in [-0.05, 0) is 62.7 Å². The summed E-state index contributed by atoms with van der Waals surface area (Å²) >= 11 is 0. The van der Waals surface area contributed by atoms with E-state index in [1.54, 1.807) is 0 Å². The summed E-state index contributed by atoms with van der Waals surface area (Å²) in [5.74, 6) is 1.34. The van der Waals surface area contributed by atoms with Crippen molar-refractivity contribution in [1.29, 1.82) is 0 Å². The van der Waals surface area contributed by atoms with Crippen molar-refractivity contribution in [3.63, 3.8) is 0 Å². The van der Waals surface area contributed by atoms with Crippen molar-refractivity contribution in [2.75, 3.05) is 26.2 Å². The Balaban J connectivity index is 0.00000312. The van der Waals surface area contributed by atoms with Gasteiger partial charge in [-0.1, -0.05) is 44.2 Å². The van der Waals surface area contributed by atoms with Crippen LogP contribution in [0.3, 0.4) is 0 Å². The Morgan fingerprint density at radius 1 is 1.19 bits per heavy atom. The summed E-state index contributed by atoms with van der Waals surface area (Å²) in [5.41, 5.74) is 7.14. The molecule has 1 heterocycles. The molecule has 1 aromatic rings. The number of hydrogen-bond donors (Lipinski definition) is 2. The Kier molecular flexibility index (Phi) is 13.0. The van der Waals surface area contributed by atoms with Crippen molar-refractivity contribution >= 4 is 30.7 Å². The molecule has 0 saturated carbocycles. The maximum Gasteiger partial charge on any atom is 0.237 e. The zero-order valence-corrected chi connectivity index (χ0v) is 17.7. The van der Waals surface area contributed by atoms with E-state index in [0.717, 1.165) is 31.1 Å². The first-order valence-corrected chi connectivity index (χ1v) is 9.34. The molecule has 26 heavy (non-hydrogen) atoms. The lowest BCUT2D eigenvalue weighted by atomic mass is 9.96. The second kappa shape index (κ2) is 13.4. The molecule has 1 aliphatic rings. The maximum absolute atomic E-state index is 12.2. The minimum atomic E-state index is -0.460. The summed E-state index contributed by atoms with van der Waals surface area (Å²) < 4.78 is 0. The summed E-state index contributed by atoms with van der Waals surface area (Å²) in [6.45, 7) is 8.84. The third-order valence-electron chi connectivity index (χ3n) is 4.93. The summed E-state index contributed by atoms with van der Waals surface area (Å²) in [6, 6.07) is 9.50. The fourth-order valence-corrected chi connectivity index (χ4v) is 3.19. The summed E-state index contributed by atoms with van der Waals surface area (Å²) in [5, 5.41) is 3.05. The van der Waals surface area contributed by atoms with Crippen LogP contribution in [0.15, 0.2) is 30.3 Å². The third-order valence-corrected chi connectivity index (χ3v) is 4.93. The monoisotopic (exact) mass is 403 g/mol. The SMILES string of the molecule is CC(C)CCN1CCC(CNC(=O)C(N)Cc2ccccc2)CC1.Cl.Cl. The van der Waals surface area contributed by atoms with Crippen LogP contribution in [0.1, 0.15) is 38.7 Å². The highest BCUT2D eigenvalue weighted by Crippen LogP contribution is 2.17. The van der Waals surface area contributed by atoms with Crippen LogP contribution in [0.5, 0.6) is 0 Å². The first kappa shape index (κ1) is 25.2. The van der Waals surface area contributed by atoms with Crippen molar-refractivity contribution in [2.45, 2.75) is 45.6 Å². The van der Waals surface area contributed by atoms with Gasteiger partial charge in [-0.25, -0.2) is 0 Å². The second-order valence-corrected chi connectivity index (χ2v) is 7.51. The molecular formula is C20H35Cl2N3O. The molecule has 1 aliphatic heterocycles. The quantitative estimate of drug-likeness (QED) is 0.699. The molecule has 150 valence electrons. The van der Waals surface area contributed by atoms with Crippen LogP contribution in [0.4, 0.5) is 0 Å². The van der Waals surface area contributed by atoms with Gasteiger partial charge < -0.3 is 16.0 Å². The lowest BCUT2D eigenvalue weighted by Crippen LogP contribution is -2.45. The number of nitrogens with one attached hydrogen (secondary N) is 1. The van der Waals surface area contributed by atoms with Crippen molar-refractivity contribution in [1.82, 2.24) is 10.2 Å². The number of hydrogen-bond acceptors (Lipinski definition) is 3. The largest absolute Gasteiger partial charge is 0.354 e. The number of carbonyl (C=O) groups excluding carboxylic acids is 1. The molecule has 1 unspecified atom stereocenters. The molecule has 6 heteroatoms. The van der Waals surface area contributed by atoms with Crippen molar-refractivity contribution in [2.24, 2.45) is 17.6 Å². The average Bonchev–Trinajstić information content (AvgIpc) is 2.59. The Hall–Kier alpha value is -0.810. The van der Waals surface area contributed by atoms with Crippen LogP contribution < -0.4 is 11.1 Å². The molecule has 0 aliphatic carbocycles. The van der Waals surface area contributed by atoms with Gasteiger partial charge in [0.15, 0.2) is 0 Å². The Bertz CT molecular complexity index is 491. The number of rotatable bonds is 8. The molecule has 3 N–H and O–H groups in total. The van der Waals surface area contributed by atoms with Gasteiger partial charge in [0, 0.05) is 6.54 Å². The molecule has 1 amide bonds. The summed E-state index contributed by atoms with van der Waals surface area (Å²) in [7, 11) is 0. The standard InChI is InChI=1S/C20H33N3O.2ClH/c1-16(2)8-11-23-12-9-18(10-13-23)15-22-20(24)19(21)14-17-6-4-3-5-7-17;;/h3-7,16,18-19H,8-15,21H2,1-2H3,(H,22,24);2*1H. The highest BCUT2D eigenvalue weighted by atomic mass is 35.5. The van der Waals surface area contributed by atoms with E-state index in [1.807, 2.05) is 30.3 Å². The number of nitrogens with two attached hydrogens (primary N) is 1. The van der Waals surface area contributed by atoms with Gasteiger partial charge in [0.05, 0.1) is 6.04 Å². The number of carbonyl (C=O) groups is 1. The van der Waals surface area contributed by atoms with Gasteiger partial charge in [-0.15, -0.1) is 24.8 Å². The summed E-state index contributed by atoms with van der Waals surface area (Å²) in [6.07, 6.45) is 4.22. The van der Waals surface area contributed by atoms with E-state index in [0.29, 0.717) is 12.3 Å². The zero-order chi connectivity index (χ0) is 17.4. The molecular weight excluding hydrogens is 369 g/mol. The fourth-order valence-electron chi connectivity index (χ4n) is 3.19. The van der Waals surface area contributed by atoms with Crippen LogP contribution in [0.2, 0.25) is 0 Å². The first-order chi connectivity index (χ1) is 11.5. The topological polar surface area (TPSA) is 58.4 Å². The molecule has 2 rings (SSSR count). The van der Waals surface area contributed by atoms with Crippen molar-refractivity contribution in [3.05, 3.63) is 35.9 Å². The third kappa shape index (κ3) is 9.22. The minimum Gasteiger partial charge on any atom is -0.354 e. The van der Waals surface area contributed by atoms with Crippen molar-refractivity contribution in [3.8, 4) is 0 Å². The van der Waals surface area contributed by atoms with Crippen LogP contribution in [0, 0.1) is 11.8 Å². The van der Waals surface area contributed by atoms with E-state index in [2.05, 4.69) is 24.1 Å². The van der Waals surface area contributed by atoms with E-state index >= 15 is 0 Å². The Morgan fingerprint density at radius 2 is 1.81 bits per heavy atom. The molecule has 1 atom stereocenters. The first-order valence-electron chi connectivity index (χ1n) is 9.34. The highest BCUT2D eigenvalue weighted by Gasteiger charge is 2.21. The number of piperidine rings is 1. The Labute approximate surface area is 171 Å². The van der Waals surface area contributed by atoms with Gasteiger partial charge in [0.25, 0.3) is 0 Å². The predicted octanol–water partition coefficient (Wildman–Crippen LogP) is 3.27. The van der Waals surface area contributed by atoms with E-state index < -0.39 is 6.04 Å². The fraction of sp³-hybridized carbons (Fsp3) is 0.650. The van der Waals surface area contributed by atoms with Gasteiger partial charge in [-0.2, -0.15) is 0 Å². The molecule has 1 fully saturated rings. The lowest BCUT2D eigenvalue weighted by molar-refractivity contribution is -0.122. The van der Waals surface area contributed by atoms with E-state index in [4.69, 9.17) is 5.73 Å². The molecule has 1 saturated heterocycles. The minimum absolute atomic E-state index is 0. The molecule has 4 nitrogen and oxygen atoms in total. The molecule has 0 bridgehead atoms. The van der Waals surface area contributed by atoms with E-state index in [9.17, 15) is 4.79 Å². The lowest BCUT2D eigenvalue weighted by Gasteiger charge is -2.32. The number of likely N-dealkylation sites (tertiary alicyclic amines) is 1. The highest BCUT2D eigenvalue weighted by molar-refractivity contribution is 5.85. The average molecular weight is 404 g/mol. The molecule has 1 aromatic carbocycles. The maximum atomic E-state index is 12.2. The second-order valence-electron chi connectivity index (χ2n) is 7.51. The normalized spacial score (nSPS) is 16.5. The molecule has 0 aromatic heterocycles. The van der Waals surface area contributed by atoms with Gasteiger partial charge in [-0.3, -0.25) is 4.79 Å². The van der Waals surface area contributed by atoms with Gasteiger partial charge >= 0.3 is 0 Å². The van der Waals surface area contributed by atoms with Crippen LogP contribution in [0.25, 0.3) is 0 Å². The Morgan fingerprint density at radius 3 is 2.38 bits per heavy atom. The van der Waals surface area contributed by atoms with Crippen LogP contribution >= 0.6 is 24.8 Å². The zero-order valence-electron chi connectivity index (χ0n) is 16.0. The van der Waals surface area contributed by atoms with Gasteiger partial charge in [0.2, 0.25) is 5.91 Å². The molecule has 0 spiro atoms. The smallest absolute Gasteiger partial charge is 0.237 e. The number of benzene rings is 1. The van der Waals surface area contributed by atoms with Crippen LogP contribution in [-0.2, 0) is 11.2 Å². The summed E-state index contributed by atoms with van der Waals surface area (Å²) in [4.78, 5) is 14.7. The number of nitrogens with zero attached hydrogens (tertiary/aromatic N) is 1. The number of halogens is 2. The van der Waals surface area contributed by atoms with E-state index in [-0.39, 0.29) is 30.7 Å². The van der Waals surface area contributed by atoms with Gasteiger partial charge in [0.1, 0.15) is 0 Å².